The molecule has 0 unspecified atom stereocenters. The smallest absolute Gasteiger partial charge is 0.303 e. The van der Waals surface area contributed by atoms with Crippen molar-refractivity contribution in [3.05, 3.63) is 0 Å². The second-order valence-corrected chi connectivity index (χ2v) is 3.87. The molecule has 0 fully saturated rings. The molecular weight excluding hydrogens is 210 g/mol. The Bertz CT molecular complexity index is 216. The molecule has 5 nitrogen and oxygen atoms in total. The summed E-state index contributed by atoms with van der Waals surface area (Å²) in [6, 6.07) is 0. The van der Waals surface area contributed by atoms with Crippen LogP contribution in [0.3, 0.4) is 0 Å². The molecule has 0 aliphatic carbocycles. The fourth-order valence-electron chi connectivity index (χ4n) is 1.11. The van der Waals surface area contributed by atoms with Gasteiger partial charge in [-0.2, -0.15) is 0 Å². The highest BCUT2D eigenvalue weighted by molar-refractivity contribution is 5.76. The van der Waals surface area contributed by atoms with Crippen molar-refractivity contribution < 1.29 is 19.4 Å². The molecule has 0 heterocycles. The minimum absolute atomic E-state index is 0.0455. The molecule has 0 radical (unpaired) electrons. The molecule has 0 aliphatic rings. The third-order valence-electron chi connectivity index (χ3n) is 1.89. The van der Waals surface area contributed by atoms with Gasteiger partial charge in [-0.25, -0.2) is 0 Å². The molecule has 0 aromatic heterocycles. The average Bonchev–Trinajstić information content (AvgIpc) is 2.16. The van der Waals surface area contributed by atoms with Crippen molar-refractivity contribution in [3.63, 3.8) is 0 Å². The van der Waals surface area contributed by atoms with E-state index in [2.05, 4.69) is 5.32 Å². The molecule has 0 aliphatic heterocycles. The summed E-state index contributed by atoms with van der Waals surface area (Å²) in [7, 11) is 0. The molecule has 0 saturated carbocycles. The van der Waals surface area contributed by atoms with Crippen LogP contribution in [0, 0.1) is 0 Å². The van der Waals surface area contributed by atoms with Crippen molar-refractivity contribution in [1.29, 1.82) is 0 Å². The maximum Gasteiger partial charge on any atom is 0.303 e. The Labute approximate surface area is 96.2 Å². The van der Waals surface area contributed by atoms with E-state index >= 15 is 0 Å². The maximum absolute atomic E-state index is 11.2. The number of rotatable bonds is 9. The van der Waals surface area contributed by atoms with Crippen molar-refractivity contribution in [2.75, 3.05) is 13.2 Å². The van der Waals surface area contributed by atoms with E-state index in [-0.39, 0.29) is 24.9 Å². The van der Waals surface area contributed by atoms with Gasteiger partial charge in [0.25, 0.3) is 0 Å². The van der Waals surface area contributed by atoms with Gasteiger partial charge in [0.15, 0.2) is 0 Å². The average molecular weight is 231 g/mol. The van der Waals surface area contributed by atoms with E-state index in [0.717, 1.165) is 6.42 Å². The summed E-state index contributed by atoms with van der Waals surface area (Å²) < 4.78 is 5.31. The molecule has 0 aromatic carbocycles. The normalized spacial score (nSPS) is 10.4. The minimum Gasteiger partial charge on any atom is -0.481 e. The lowest BCUT2D eigenvalue weighted by Gasteiger charge is -2.07. The summed E-state index contributed by atoms with van der Waals surface area (Å²) in [5, 5.41) is 11.1. The van der Waals surface area contributed by atoms with Crippen LogP contribution in [-0.2, 0) is 14.3 Å². The number of carboxylic acid groups (broad SMARTS) is 1. The van der Waals surface area contributed by atoms with Gasteiger partial charge in [0.05, 0.1) is 6.10 Å². The molecule has 0 saturated heterocycles. The maximum atomic E-state index is 11.2. The lowest BCUT2D eigenvalue weighted by atomic mass is 10.2. The lowest BCUT2D eigenvalue weighted by Crippen LogP contribution is -2.25. The number of nitrogens with one attached hydrogen (secondary N) is 1. The highest BCUT2D eigenvalue weighted by Gasteiger charge is 2.03. The Morgan fingerprint density at radius 1 is 1.25 bits per heavy atom. The molecule has 0 bridgehead atoms. The van der Waals surface area contributed by atoms with Crippen molar-refractivity contribution in [3.8, 4) is 0 Å². The van der Waals surface area contributed by atoms with Gasteiger partial charge >= 0.3 is 5.97 Å². The molecule has 0 atom stereocenters. The quantitative estimate of drug-likeness (QED) is 0.584. The van der Waals surface area contributed by atoms with Crippen LogP contribution >= 0.6 is 0 Å². The van der Waals surface area contributed by atoms with E-state index in [9.17, 15) is 9.59 Å². The largest absolute Gasteiger partial charge is 0.481 e. The fraction of sp³-hybridized carbons (Fsp3) is 0.818. The number of carbonyl (C=O) groups excluding carboxylic acids is 1. The van der Waals surface area contributed by atoms with Gasteiger partial charge in [0.1, 0.15) is 0 Å². The zero-order valence-electron chi connectivity index (χ0n) is 9.99. The van der Waals surface area contributed by atoms with Crippen LogP contribution in [0.25, 0.3) is 0 Å². The number of carboxylic acids is 1. The summed E-state index contributed by atoms with van der Waals surface area (Å²) in [5.74, 6) is -0.955. The number of aliphatic carboxylic acids is 1. The number of amides is 1. The molecule has 5 heteroatoms. The van der Waals surface area contributed by atoms with Crippen molar-refractivity contribution in [1.82, 2.24) is 5.32 Å². The predicted molar refractivity (Wildman–Crippen MR) is 60.2 cm³/mol. The van der Waals surface area contributed by atoms with Gasteiger partial charge in [0, 0.05) is 26.0 Å². The Morgan fingerprint density at radius 3 is 2.50 bits per heavy atom. The van der Waals surface area contributed by atoms with E-state index < -0.39 is 5.97 Å². The molecular formula is C11H21NO4. The standard InChI is InChI=1S/C11H21NO4/c1-9(2)16-8-4-7-12-10(13)5-3-6-11(14)15/h9H,3-8H2,1-2H3,(H,12,13)(H,14,15). The first-order valence-electron chi connectivity index (χ1n) is 5.62. The zero-order valence-corrected chi connectivity index (χ0v) is 9.99. The summed E-state index contributed by atoms with van der Waals surface area (Å²) >= 11 is 0. The zero-order chi connectivity index (χ0) is 12.4. The van der Waals surface area contributed by atoms with Gasteiger partial charge < -0.3 is 15.2 Å². The third kappa shape index (κ3) is 11.0. The molecule has 94 valence electrons. The van der Waals surface area contributed by atoms with Crippen LogP contribution in [0.15, 0.2) is 0 Å². The van der Waals surface area contributed by atoms with E-state index in [1.54, 1.807) is 0 Å². The van der Waals surface area contributed by atoms with Crippen LogP contribution in [0.4, 0.5) is 0 Å². The molecule has 0 rings (SSSR count). The molecule has 16 heavy (non-hydrogen) atoms. The van der Waals surface area contributed by atoms with Crippen LogP contribution in [0.1, 0.15) is 39.5 Å². The van der Waals surface area contributed by atoms with Crippen LogP contribution in [-0.4, -0.2) is 36.2 Å². The van der Waals surface area contributed by atoms with Gasteiger partial charge in [-0.15, -0.1) is 0 Å². The van der Waals surface area contributed by atoms with Crippen LogP contribution < -0.4 is 5.32 Å². The summed E-state index contributed by atoms with van der Waals surface area (Å²) in [5.41, 5.74) is 0. The van der Waals surface area contributed by atoms with Gasteiger partial charge in [-0.3, -0.25) is 9.59 Å². The topological polar surface area (TPSA) is 75.6 Å². The Balaban J connectivity index is 3.27. The third-order valence-corrected chi connectivity index (χ3v) is 1.89. The number of hydrogen-bond acceptors (Lipinski definition) is 3. The Hall–Kier alpha value is -1.10. The lowest BCUT2D eigenvalue weighted by molar-refractivity contribution is -0.137. The summed E-state index contributed by atoms with van der Waals surface area (Å²) in [4.78, 5) is 21.4. The summed E-state index contributed by atoms with van der Waals surface area (Å²) in [6.45, 7) is 5.14. The van der Waals surface area contributed by atoms with Gasteiger partial charge in [0.2, 0.25) is 5.91 Å². The number of ether oxygens (including phenoxy) is 1. The summed E-state index contributed by atoms with van der Waals surface area (Å²) in [6.07, 6.45) is 1.71. The second kappa shape index (κ2) is 9.15. The first kappa shape index (κ1) is 14.9. The van der Waals surface area contributed by atoms with Crippen molar-refractivity contribution >= 4 is 11.9 Å². The highest BCUT2D eigenvalue weighted by atomic mass is 16.5. The van der Waals surface area contributed by atoms with E-state index in [1.807, 2.05) is 13.8 Å². The highest BCUT2D eigenvalue weighted by Crippen LogP contribution is 1.95. The molecule has 0 spiro atoms. The van der Waals surface area contributed by atoms with E-state index in [4.69, 9.17) is 9.84 Å². The van der Waals surface area contributed by atoms with Gasteiger partial charge in [-0.05, 0) is 26.7 Å². The number of hydrogen-bond donors (Lipinski definition) is 2. The SMILES string of the molecule is CC(C)OCCCNC(=O)CCCC(=O)O. The number of carbonyl (C=O) groups is 2. The van der Waals surface area contributed by atoms with Crippen LogP contribution in [0.2, 0.25) is 0 Å². The minimum atomic E-state index is -0.863. The predicted octanol–water partition coefficient (Wildman–Crippen LogP) is 1.17. The van der Waals surface area contributed by atoms with Crippen molar-refractivity contribution in [2.24, 2.45) is 0 Å². The molecule has 2 N–H and O–H groups in total. The molecule has 1 amide bonds. The van der Waals surface area contributed by atoms with Gasteiger partial charge in [-0.1, -0.05) is 0 Å². The molecule has 0 aromatic rings. The first-order chi connectivity index (χ1) is 7.52. The Morgan fingerprint density at radius 2 is 1.94 bits per heavy atom. The van der Waals surface area contributed by atoms with E-state index in [0.29, 0.717) is 19.6 Å². The monoisotopic (exact) mass is 231 g/mol. The second-order valence-electron chi connectivity index (χ2n) is 3.87. The van der Waals surface area contributed by atoms with E-state index in [1.165, 1.54) is 0 Å². The van der Waals surface area contributed by atoms with Crippen LogP contribution in [0.5, 0.6) is 0 Å². The van der Waals surface area contributed by atoms with Crippen molar-refractivity contribution in [2.45, 2.75) is 45.6 Å². The fourth-order valence-corrected chi connectivity index (χ4v) is 1.11. The Kier molecular flexibility index (Phi) is 8.52. The first-order valence-corrected chi connectivity index (χ1v) is 5.62.